The molecule has 62 valence electrons. The fourth-order valence-electron chi connectivity index (χ4n) is 1.05. The van der Waals surface area contributed by atoms with Gasteiger partial charge in [0.15, 0.2) is 10.7 Å². The summed E-state index contributed by atoms with van der Waals surface area (Å²) >= 11 is 1.48. The van der Waals surface area contributed by atoms with Crippen molar-refractivity contribution in [1.82, 2.24) is 9.38 Å². The van der Waals surface area contributed by atoms with Crippen LogP contribution in [0.1, 0.15) is 15.4 Å². The van der Waals surface area contributed by atoms with Gasteiger partial charge in [0.25, 0.3) is 0 Å². The molecular formula is C7H6N2O2S. The van der Waals surface area contributed by atoms with Gasteiger partial charge in [0, 0.05) is 11.1 Å². The molecule has 4 nitrogen and oxygen atoms in total. The third-order valence-corrected chi connectivity index (χ3v) is 2.46. The molecule has 0 saturated heterocycles. The molecule has 0 spiro atoms. The van der Waals surface area contributed by atoms with Gasteiger partial charge in [0.2, 0.25) is 0 Å². The van der Waals surface area contributed by atoms with Crippen molar-refractivity contribution in [3.63, 3.8) is 0 Å². The highest BCUT2D eigenvalue weighted by atomic mass is 32.1. The Morgan fingerprint density at radius 2 is 2.50 bits per heavy atom. The molecule has 0 aliphatic rings. The number of fused-ring (bicyclic) bond motifs is 1. The van der Waals surface area contributed by atoms with Crippen LogP contribution in [0.2, 0.25) is 0 Å². The lowest BCUT2D eigenvalue weighted by Gasteiger charge is -1.87. The maximum atomic E-state index is 10.6. The van der Waals surface area contributed by atoms with Gasteiger partial charge < -0.3 is 5.11 Å². The van der Waals surface area contributed by atoms with Crippen LogP contribution in [0.3, 0.4) is 0 Å². The van der Waals surface area contributed by atoms with Crippen molar-refractivity contribution in [2.75, 3.05) is 0 Å². The van der Waals surface area contributed by atoms with Gasteiger partial charge in [0.05, 0.1) is 6.20 Å². The first-order chi connectivity index (χ1) is 5.68. The van der Waals surface area contributed by atoms with Crippen molar-refractivity contribution in [1.29, 1.82) is 0 Å². The van der Waals surface area contributed by atoms with E-state index < -0.39 is 5.97 Å². The summed E-state index contributed by atoms with van der Waals surface area (Å²) < 4.78 is 1.59. The molecule has 12 heavy (non-hydrogen) atoms. The maximum absolute atomic E-state index is 10.6. The van der Waals surface area contributed by atoms with Crippen LogP contribution in [0.15, 0.2) is 12.4 Å². The number of thiazole rings is 1. The van der Waals surface area contributed by atoms with Crippen molar-refractivity contribution in [2.45, 2.75) is 6.92 Å². The molecule has 0 unspecified atom stereocenters. The van der Waals surface area contributed by atoms with Gasteiger partial charge in [-0.1, -0.05) is 0 Å². The molecule has 0 aliphatic heterocycles. The summed E-state index contributed by atoms with van der Waals surface area (Å²) in [6.07, 6.45) is 3.14. The van der Waals surface area contributed by atoms with Gasteiger partial charge in [-0.2, -0.15) is 0 Å². The number of hydrogen-bond acceptors (Lipinski definition) is 3. The van der Waals surface area contributed by atoms with Crippen LogP contribution in [-0.2, 0) is 0 Å². The van der Waals surface area contributed by atoms with Gasteiger partial charge >= 0.3 is 5.97 Å². The zero-order valence-electron chi connectivity index (χ0n) is 6.31. The fraction of sp³-hybridized carbons (Fsp3) is 0.143. The minimum absolute atomic E-state index is 0.217. The number of aryl methyl sites for hydroxylation is 1. The summed E-state index contributed by atoms with van der Waals surface area (Å²) in [6, 6.07) is 0. The van der Waals surface area contributed by atoms with E-state index in [0.29, 0.717) is 0 Å². The van der Waals surface area contributed by atoms with Crippen LogP contribution in [0.25, 0.3) is 4.96 Å². The molecule has 1 N–H and O–H groups in total. The molecule has 0 radical (unpaired) electrons. The summed E-state index contributed by atoms with van der Waals surface area (Å²) in [6.45, 7) is 1.92. The van der Waals surface area contributed by atoms with Crippen LogP contribution in [-0.4, -0.2) is 20.5 Å². The molecule has 0 aliphatic carbocycles. The van der Waals surface area contributed by atoms with E-state index in [1.54, 1.807) is 10.6 Å². The van der Waals surface area contributed by atoms with Crippen LogP contribution in [0, 0.1) is 6.92 Å². The molecule has 0 fully saturated rings. The summed E-state index contributed by atoms with van der Waals surface area (Å²) in [5.74, 6) is -0.944. The Morgan fingerprint density at radius 1 is 1.75 bits per heavy atom. The number of carboxylic acid groups (broad SMARTS) is 1. The van der Waals surface area contributed by atoms with Crippen LogP contribution >= 0.6 is 11.3 Å². The summed E-state index contributed by atoms with van der Waals surface area (Å²) in [7, 11) is 0. The second-order valence-electron chi connectivity index (χ2n) is 2.44. The molecular weight excluding hydrogens is 176 g/mol. The van der Waals surface area contributed by atoms with E-state index in [1.165, 1.54) is 17.5 Å². The van der Waals surface area contributed by atoms with Gasteiger partial charge in [-0.3, -0.25) is 4.40 Å². The molecule has 0 aromatic carbocycles. The Morgan fingerprint density at radius 3 is 3.17 bits per heavy atom. The number of aromatic nitrogens is 2. The predicted molar refractivity (Wildman–Crippen MR) is 44.8 cm³/mol. The van der Waals surface area contributed by atoms with E-state index in [0.717, 1.165) is 9.84 Å². The Labute approximate surface area is 72.1 Å². The highest BCUT2D eigenvalue weighted by Gasteiger charge is 2.11. The van der Waals surface area contributed by atoms with Gasteiger partial charge in [-0.15, -0.1) is 11.3 Å². The molecule has 2 heterocycles. The van der Waals surface area contributed by atoms with E-state index in [1.807, 2.05) is 6.92 Å². The summed E-state index contributed by atoms with van der Waals surface area (Å²) in [4.78, 5) is 16.4. The molecule has 5 heteroatoms. The minimum Gasteiger partial charge on any atom is -0.477 e. The van der Waals surface area contributed by atoms with Gasteiger partial charge in [-0.05, 0) is 6.92 Å². The van der Waals surface area contributed by atoms with Crippen LogP contribution in [0.4, 0.5) is 0 Å². The quantitative estimate of drug-likeness (QED) is 0.725. The number of carboxylic acids is 1. The average Bonchev–Trinajstić information content (AvgIpc) is 2.43. The SMILES string of the molecule is Cc1cn2c(C(=O)O)cnc2s1. The monoisotopic (exact) mass is 182 g/mol. The smallest absolute Gasteiger partial charge is 0.354 e. The second-order valence-corrected chi connectivity index (χ2v) is 3.66. The number of hydrogen-bond donors (Lipinski definition) is 1. The topological polar surface area (TPSA) is 54.6 Å². The Balaban J connectivity index is 2.76. The van der Waals surface area contributed by atoms with Crippen molar-refractivity contribution >= 4 is 22.3 Å². The highest BCUT2D eigenvalue weighted by Crippen LogP contribution is 2.17. The third-order valence-electron chi connectivity index (χ3n) is 1.55. The number of aromatic carboxylic acids is 1. The largest absolute Gasteiger partial charge is 0.477 e. The molecule has 0 bridgehead atoms. The van der Waals surface area contributed by atoms with E-state index in [9.17, 15) is 4.79 Å². The van der Waals surface area contributed by atoms with E-state index in [2.05, 4.69) is 4.98 Å². The summed E-state index contributed by atoms with van der Waals surface area (Å²) in [5, 5.41) is 8.72. The molecule has 2 aromatic rings. The first-order valence-electron chi connectivity index (χ1n) is 3.35. The lowest BCUT2D eigenvalue weighted by Crippen LogP contribution is -1.99. The van der Waals surface area contributed by atoms with E-state index >= 15 is 0 Å². The average molecular weight is 182 g/mol. The molecule has 0 saturated carbocycles. The third kappa shape index (κ3) is 0.902. The molecule has 0 amide bonds. The lowest BCUT2D eigenvalue weighted by molar-refractivity contribution is 0.0689. The van der Waals surface area contributed by atoms with Gasteiger partial charge in [-0.25, -0.2) is 9.78 Å². The van der Waals surface area contributed by atoms with Gasteiger partial charge in [0.1, 0.15) is 0 Å². The van der Waals surface area contributed by atoms with Crippen LogP contribution in [0.5, 0.6) is 0 Å². The normalized spacial score (nSPS) is 10.8. The van der Waals surface area contributed by atoms with E-state index in [4.69, 9.17) is 5.11 Å². The maximum Gasteiger partial charge on any atom is 0.354 e. The highest BCUT2D eigenvalue weighted by molar-refractivity contribution is 7.17. The standard InChI is InChI=1S/C7H6N2O2S/c1-4-3-9-5(6(10)11)2-8-7(9)12-4/h2-3H,1H3,(H,10,11). The van der Waals surface area contributed by atoms with E-state index in [-0.39, 0.29) is 5.69 Å². The summed E-state index contributed by atoms with van der Waals surface area (Å²) in [5.41, 5.74) is 0.217. The number of nitrogens with zero attached hydrogens (tertiary/aromatic N) is 2. The number of rotatable bonds is 1. The lowest BCUT2D eigenvalue weighted by atomic mass is 10.5. The van der Waals surface area contributed by atoms with Crippen molar-refractivity contribution in [3.05, 3.63) is 23.0 Å². The first-order valence-corrected chi connectivity index (χ1v) is 4.17. The predicted octanol–water partition coefficient (Wildman–Crippen LogP) is 1.40. The Kier molecular flexibility index (Phi) is 1.41. The van der Waals surface area contributed by atoms with Crippen molar-refractivity contribution < 1.29 is 9.90 Å². The van der Waals surface area contributed by atoms with Crippen LogP contribution < -0.4 is 0 Å². The molecule has 0 atom stereocenters. The fourth-order valence-corrected chi connectivity index (χ4v) is 1.86. The number of imidazole rings is 1. The van der Waals surface area contributed by atoms with Crippen molar-refractivity contribution in [2.24, 2.45) is 0 Å². The minimum atomic E-state index is -0.944. The Hall–Kier alpha value is -1.36. The Bertz CT molecular complexity index is 443. The number of carbonyl (C=O) groups is 1. The zero-order valence-corrected chi connectivity index (χ0v) is 7.13. The first kappa shape index (κ1) is 7.30. The second kappa shape index (κ2) is 2.31. The molecule has 2 aromatic heterocycles. The zero-order chi connectivity index (χ0) is 8.72. The van der Waals surface area contributed by atoms with Crippen molar-refractivity contribution in [3.8, 4) is 0 Å². The molecule has 2 rings (SSSR count).